The molecule has 37 nitrogen and oxygen atoms in total. The second-order valence-corrected chi connectivity index (χ2v) is 25.0. The number of H-pyrrole nitrogens is 2. The Hall–Kier alpha value is -10.7. The number of aromatic nitrogens is 9. The number of rotatable bonds is 38. The van der Waals surface area contributed by atoms with E-state index >= 15 is 0 Å². The lowest BCUT2D eigenvalue weighted by molar-refractivity contribution is -0.148. The molecule has 9 atom stereocenters. The highest BCUT2D eigenvalue weighted by Crippen LogP contribution is 2.49. The average Bonchev–Trinajstić information content (AvgIpc) is 1.06. The fourth-order valence-electron chi connectivity index (χ4n) is 11.7. The van der Waals surface area contributed by atoms with Gasteiger partial charge in [0.25, 0.3) is 0 Å². The van der Waals surface area contributed by atoms with Gasteiger partial charge in [-0.05, 0) is 55.1 Å². The standard InChI is InChI=1S/C65H79N11O26/c1-2-9-40(77)33-99-52(85)20-25-72-59(92)68-60(93)73(62(72)95)27-22-54(87)102-36-43(80)32-76-64(97)74(30-41(78)34-100-51(84)17-15-39-14-16-50(83)69(56(89)66-55(39)88)23-18-48(81)46-28-44(46)37-10-5-3-6-11-37)63(96)75(65(76)98)31-42(79)35-101-53(86)21-26-71-58(91)67-57(90)70(61(71)94)24-19-49(82)47-29-45(47)38-12-7-4-8-13-38/h3-8,10-13,39-47,77-80H,2,9,14-36H2,1H3,(H,66,88,89)(H,67,90,91)(H,68,92,93). The van der Waals surface area contributed by atoms with Crippen molar-refractivity contribution in [1.29, 1.82) is 0 Å². The smallest absolute Gasteiger partial charge is 0.336 e. The van der Waals surface area contributed by atoms with E-state index in [1.165, 1.54) is 0 Å². The Morgan fingerprint density at radius 2 is 0.794 bits per heavy atom. The number of ketones is 2. The first kappa shape index (κ1) is 77.1. The van der Waals surface area contributed by atoms with Crippen LogP contribution in [0, 0.1) is 17.8 Å². The van der Waals surface area contributed by atoms with E-state index < -0.39 is 215 Å². The van der Waals surface area contributed by atoms with Gasteiger partial charge in [-0.1, -0.05) is 74.0 Å². The number of hydrogen-bond donors (Lipinski definition) is 7. The van der Waals surface area contributed by atoms with Gasteiger partial charge in [0, 0.05) is 76.2 Å². The van der Waals surface area contributed by atoms with E-state index in [1.807, 2.05) is 70.6 Å². The molecule has 0 radical (unpaired) electrons. The van der Waals surface area contributed by atoms with Crippen LogP contribution in [0.5, 0.6) is 0 Å². The maximum Gasteiger partial charge on any atom is 0.336 e. The van der Waals surface area contributed by atoms with Crippen molar-refractivity contribution >= 4 is 53.3 Å². The quantitative estimate of drug-likeness (QED) is 0.0146. The van der Waals surface area contributed by atoms with E-state index in [1.54, 1.807) is 6.92 Å². The molecule has 4 amide bonds. The van der Waals surface area contributed by atoms with Gasteiger partial charge in [0.2, 0.25) is 11.8 Å². The highest BCUT2D eigenvalue weighted by atomic mass is 16.6. The topological polar surface area (TPSA) is 506 Å². The molecule has 0 bridgehead atoms. The molecule has 3 aliphatic rings. The molecule has 2 saturated carbocycles. The molecule has 3 aromatic heterocycles. The molecule has 1 saturated heterocycles. The number of urea groups is 1. The zero-order chi connectivity index (χ0) is 74.1. The summed E-state index contributed by atoms with van der Waals surface area (Å²) >= 11 is 0. The number of nitrogens with one attached hydrogen (secondary N) is 3. The van der Waals surface area contributed by atoms with E-state index in [2.05, 4.69) is 5.32 Å². The second-order valence-electron chi connectivity index (χ2n) is 25.0. The first-order valence-electron chi connectivity index (χ1n) is 33.1. The minimum absolute atomic E-state index is 0.0235. The van der Waals surface area contributed by atoms with Crippen LogP contribution in [0.3, 0.4) is 0 Å². The number of benzene rings is 2. The van der Waals surface area contributed by atoms with Gasteiger partial charge in [-0.15, -0.1) is 0 Å². The molecule has 550 valence electrons. The maximum absolute atomic E-state index is 14.0. The van der Waals surface area contributed by atoms with Crippen LogP contribution in [0.1, 0.15) is 113 Å². The van der Waals surface area contributed by atoms with Crippen LogP contribution in [0.2, 0.25) is 0 Å². The monoisotopic (exact) mass is 1430 g/mol. The number of carbonyl (C=O) groups is 9. The SMILES string of the molecule is CCCC(O)COC(=O)CCn1c(=O)[nH]c(=O)n(CCC(=O)OCC(O)Cn2c(=O)n(CC(O)COC(=O)CCC3CCC(=O)N(CCC(=O)C4CC4c4ccccc4)C(=O)NC3=O)c(=O)n(CC(O)COC(=O)CCn3c(=O)[nH]c(=O)n(CCC(=O)C4CC4c4ccccc4)c3=O)c2=O)c1=O. The number of hydrogen-bond acceptors (Lipinski definition) is 26. The lowest BCUT2D eigenvalue weighted by atomic mass is 9.95. The summed E-state index contributed by atoms with van der Waals surface area (Å²) in [5, 5.41) is 45.2. The summed E-state index contributed by atoms with van der Waals surface area (Å²) in [7, 11) is 0. The van der Waals surface area contributed by atoms with E-state index in [0.29, 0.717) is 44.0 Å². The van der Waals surface area contributed by atoms with Gasteiger partial charge in [-0.25, -0.2) is 79.9 Å². The van der Waals surface area contributed by atoms with Crippen molar-refractivity contribution in [3.63, 3.8) is 0 Å². The van der Waals surface area contributed by atoms with Crippen molar-refractivity contribution in [3.8, 4) is 0 Å². The van der Waals surface area contributed by atoms with Crippen molar-refractivity contribution < 1.29 is 82.5 Å². The Bertz CT molecular complexity index is 4510. The summed E-state index contributed by atoms with van der Waals surface area (Å²) in [6.07, 6.45) is -8.40. The molecule has 37 heteroatoms. The van der Waals surface area contributed by atoms with Crippen LogP contribution >= 0.6 is 0 Å². The number of imide groups is 2. The van der Waals surface area contributed by atoms with Gasteiger partial charge < -0.3 is 39.4 Å². The lowest BCUT2D eigenvalue weighted by Gasteiger charge is -2.26. The second kappa shape index (κ2) is 35.6. The fourth-order valence-corrected chi connectivity index (χ4v) is 11.7. The van der Waals surface area contributed by atoms with Crippen LogP contribution in [0.15, 0.2) is 104 Å². The van der Waals surface area contributed by atoms with Crippen LogP contribution in [0.4, 0.5) is 4.79 Å². The number of carbonyl (C=O) groups excluding carboxylic acids is 9. The van der Waals surface area contributed by atoms with Crippen LogP contribution in [-0.4, -0.2) is 178 Å². The summed E-state index contributed by atoms with van der Waals surface area (Å²) in [5.74, 6) is -7.82. The number of aliphatic hydroxyl groups is 4. The Kier molecular flexibility index (Phi) is 26.9. The number of ether oxygens (including phenoxy) is 4. The highest BCUT2D eigenvalue weighted by molar-refractivity contribution is 6.04. The van der Waals surface area contributed by atoms with Crippen LogP contribution < -0.4 is 56.5 Å². The molecule has 4 heterocycles. The number of aliphatic hydroxyl groups excluding tert-OH is 4. The number of nitrogens with zero attached hydrogens (tertiary/aromatic N) is 8. The molecule has 9 unspecified atom stereocenters. The summed E-state index contributed by atoms with van der Waals surface area (Å²) in [5.41, 5.74) is -9.84. The average molecular weight is 1430 g/mol. The third-order valence-corrected chi connectivity index (χ3v) is 17.5. The van der Waals surface area contributed by atoms with Gasteiger partial charge >= 0.3 is 81.1 Å². The molecule has 7 N–H and O–H groups in total. The Morgan fingerprint density at radius 3 is 1.18 bits per heavy atom. The minimum atomic E-state index is -2.00. The molecule has 2 aromatic carbocycles. The number of amides is 4. The highest BCUT2D eigenvalue weighted by Gasteiger charge is 2.45. The largest absolute Gasteiger partial charge is 0.463 e. The molecule has 2 aliphatic carbocycles. The predicted molar refractivity (Wildman–Crippen MR) is 348 cm³/mol. The van der Waals surface area contributed by atoms with Gasteiger partial charge in [0.15, 0.2) is 0 Å². The molecule has 5 aromatic rings. The summed E-state index contributed by atoms with van der Waals surface area (Å²) in [6.45, 7) is -7.49. The molecule has 1 aliphatic heterocycles. The van der Waals surface area contributed by atoms with E-state index in [4.69, 9.17) is 18.9 Å². The van der Waals surface area contributed by atoms with E-state index in [0.717, 1.165) is 16.0 Å². The molecule has 0 spiro atoms. The molecular formula is C65H79N11O26. The van der Waals surface area contributed by atoms with Crippen molar-refractivity contribution in [2.24, 2.45) is 17.8 Å². The van der Waals surface area contributed by atoms with E-state index in [-0.39, 0.29) is 94.2 Å². The van der Waals surface area contributed by atoms with Gasteiger partial charge in [0.1, 0.15) is 56.3 Å². The Balaban J connectivity index is 0.879. The third-order valence-electron chi connectivity index (χ3n) is 17.5. The van der Waals surface area contributed by atoms with Crippen LogP contribution in [-0.2, 0) is 103 Å². The number of Topliss-reactive ketones (excluding diaryl/α,β-unsaturated/α-hetero) is 2. The van der Waals surface area contributed by atoms with Gasteiger partial charge in [0.05, 0.1) is 45.0 Å². The van der Waals surface area contributed by atoms with Crippen molar-refractivity contribution in [1.82, 2.24) is 52.2 Å². The van der Waals surface area contributed by atoms with Crippen molar-refractivity contribution in [3.05, 3.63) is 166 Å². The summed E-state index contributed by atoms with van der Waals surface area (Å²) in [4.78, 5) is 240. The number of aromatic amines is 2. The molecular weight excluding hydrogens is 1350 g/mol. The number of esters is 4. The first-order valence-corrected chi connectivity index (χ1v) is 33.1. The normalized spacial score (nSPS) is 18.4. The maximum atomic E-state index is 14.0. The third kappa shape index (κ3) is 20.7. The first-order chi connectivity index (χ1) is 48.6. The van der Waals surface area contributed by atoms with Gasteiger partial charge in [-0.2, -0.15) is 0 Å². The van der Waals surface area contributed by atoms with E-state index in [9.17, 15) is 107 Å². The fraction of sp³-hybridized carbons (Fsp3) is 0.538. The zero-order valence-electron chi connectivity index (χ0n) is 55.5. The predicted octanol–water partition coefficient (Wildman–Crippen LogP) is -4.04. The van der Waals surface area contributed by atoms with Crippen LogP contribution in [0.25, 0.3) is 0 Å². The molecule has 8 rings (SSSR count). The molecule has 102 heavy (non-hydrogen) atoms. The summed E-state index contributed by atoms with van der Waals surface area (Å²) < 4.78 is 22.9. The Labute approximate surface area is 575 Å². The Morgan fingerprint density at radius 1 is 0.451 bits per heavy atom. The minimum Gasteiger partial charge on any atom is -0.463 e. The van der Waals surface area contributed by atoms with Gasteiger partial charge in [-0.3, -0.25) is 58.5 Å². The molecule has 3 fully saturated rings. The zero-order valence-corrected chi connectivity index (χ0v) is 55.5. The van der Waals surface area contributed by atoms with Crippen molar-refractivity contribution in [2.45, 2.75) is 172 Å². The van der Waals surface area contributed by atoms with Crippen molar-refractivity contribution in [2.75, 3.05) is 33.0 Å². The lowest BCUT2D eigenvalue weighted by Crippen LogP contribution is -2.57. The summed E-state index contributed by atoms with van der Waals surface area (Å²) in [6, 6.07) is 17.6.